The Morgan fingerprint density at radius 1 is 1.20 bits per heavy atom. The lowest BCUT2D eigenvalue weighted by molar-refractivity contribution is 1.74. The second-order valence-corrected chi connectivity index (χ2v) is 5.18. The van der Waals surface area contributed by atoms with Crippen LogP contribution >= 0.6 is 22.2 Å². The molecular formula is C8H8S2. The Morgan fingerprint density at radius 3 is 2.60 bits per heavy atom. The number of thiol groups is 1. The van der Waals surface area contributed by atoms with Gasteiger partial charge < -0.3 is 0 Å². The number of rotatable bonds is 1. The average molecular weight is 168 g/mol. The van der Waals surface area contributed by atoms with Crippen LogP contribution in [-0.4, -0.2) is 0 Å². The van der Waals surface area contributed by atoms with Crippen LogP contribution in [0.15, 0.2) is 44.7 Å². The first-order chi connectivity index (χ1) is 4.97. The largest absolute Gasteiger partial charge is 0.177 e. The molecule has 0 aliphatic carbocycles. The van der Waals surface area contributed by atoms with Crippen molar-refractivity contribution in [3.63, 3.8) is 0 Å². The maximum Gasteiger partial charge on any atom is 0.0473 e. The van der Waals surface area contributed by atoms with Gasteiger partial charge >= 0.3 is 0 Å². The van der Waals surface area contributed by atoms with E-state index in [1.54, 1.807) is 0 Å². The number of hydrogen-bond acceptors (Lipinski definition) is 1. The molecule has 1 aromatic rings. The molecule has 1 aromatic heterocycles. The highest BCUT2D eigenvalue weighted by molar-refractivity contribution is 8.23. The van der Waals surface area contributed by atoms with E-state index in [-0.39, 0.29) is 10.9 Å². The number of allylic oxidation sites excluding steroid dienone is 2. The van der Waals surface area contributed by atoms with Gasteiger partial charge in [0.1, 0.15) is 0 Å². The van der Waals surface area contributed by atoms with E-state index in [1.165, 1.54) is 4.21 Å². The molecule has 10 heavy (non-hydrogen) atoms. The molecule has 0 spiro atoms. The van der Waals surface area contributed by atoms with Crippen molar-refractivity contribution in [3.8, 4) is 0 Å². The molecule has 2 heterocycles. The summed E-state index contributed by atoms with van der Waals surface area (Å²) in [6.07, 6.45) is 4.26. The van der Waals surface area contributed by atoms with Gasteiger partial charge in [-0.25, -0.2) is 0 Å². The molecule has 0 fully saturated rings. The van der Waals surface area contributed by atoms with Gasteiger partial charge in [-0.3, -0.25) is 0 Å². The quantitative estimate of drug-likeness (QED) is 0.612. The molecule has 0 saturated heterocycles. The van der Waals surface area contributed by atoms with E-state index in [0.717, 1.165) is 0 Å². The van der Waals surface area contributed by atoms with E-state index in [2.05, 4.69) is 40.5 Å². The van der Waals surface area contributed by atoms with E-state index in [0.29, 0.717) is 0 Å². The first kappa shape index (κ1) is 6.25. The van der Waals surface area contributed by atoms with Crippen LogP contribution in [0.3, 0.4) is 0 Å². The van der Waals surface area contributed by atoms with Crippen molar-refractivity contribution in [2.45, 2.75) is 4.21 Å². The fourth-order valence-electron chi connectivity index (χ4n) is 0.898. The molecule has 0 unspecified atom stereocenters. The third-order valence-electron chi connectivity index (χ3n) is 1.37. The second kappa shape index (κ2) is 2.64. The van der Waals surface area contributed by atoms with Crippen molar-refractivity contribution in [2.24, 2.45) is 0 Å². The summed E-state index contributed by atoms with van der Waals surface area (Å²) in [5, 5.41) is 6.69. The predicted molar refractivity (Wildman–Crippen MR) is 49.9 cm³/mol. The van der Waals surface area contributed by atoms with E-state index in [9.17, 15) is 0 Å². The fraction of sp³-hybridized carbons (Fsp3) is 0. The van der Waals surface area contributed by atoms with Gasteiger partial charge in [0.25, 0.3) is 0 Å². The summed E-state index contributed by atoms with van der Waals surface area (Å²) in [5.74, 6) is 0. The highest BCUT2D eigenvalue weighted by Crippen LogP contribution is 2.44. The molecule has 0 nitrogen and oxygen atoms in total. The minimum absolute atomic E-state index is 0.0458. The van der Waals surface area contributed by atoms with E-state index >= 15 is 0 Å². The van der Waals surface area contributed by atoms with Gasteiger partial charge in [0.15, 0.2) is 0 Å². The lowest BCUT2D eigenvalue weighted by Gasteiger charge is -2.04. The Hall–Kier alpha value is -0.470. The first-order valence-electron chi connectivity index (χ1n) is 3.14. The van der Waals surface area contributed by atoms with Crippen molar-refractivity contribution in [3.05, 3.63) is 40.5 Å². The summed E-state index contributed by atoms with van der Waals surface area (Å²) in [5.41, 5.74) is 0. The summed E-state index contributed by atoms with van der Waals surface area (Å²) in [6.45, 7) is 0. The molecule has 0 N–H and O–H groups in total. The monoisotopic (exact) mass is 168 g/mol. The molecule has 0 saturated carbocycles. The molecule has 1 aliphatic heterocycles. The molecule has 52 valence electrons. The van der Waals surface area contributed by atoms with E-state index < -0.39 is 0 Å². The SMILES string of the molecule is C1=C[SH](c2cccs2)C=C1. The second-order valence-electron chi connectivity index (χ2n) is 2.04. The predicted octanol–water partition coefficient (Wildman–Crippen LogP) is 3.15. The summed E-state index contributed by atoms with van der Waals surface area (Å²) in [4.78, 5) is 0. The van der Waals surface area contributed by atoms with Crippen molar-refractivity contribution in [1.29, 1.82) is 0 Å². The van der Waals surface area contributed by atoms with Crippen LogP contribution in [-0.2, 0) is 0 Å². The molecule has 0 radical (unpaired) electrons. The standard InChI is InChI=1S/C8H8S2/c1-2-7-10(6-1)8-4-3-5-9-8/h1-7,10H. The zero-order chi connectivity index (χ0) is 6.81. The molecule has 0 aromatic carbocycles. The van der Waals surface area contributed by atoms with Gasteiger partial charge in [-0.1, -0.05) is 18.2 Å². The third-order valence-corrected chi connectivity index (χ3v) is 4.63. The Balaban J connectivity index is 2.29. The van der Waals surface area contributed by atoms with Gasteiger partial charge in [-0.2, -0.15) is 10.9 Å². The normalized spacial score (nSPS) is 18.6. The van der Waals surface area contributed by atoms with Crippen LogP contribution in [0.2, 0.25) is 0 Å². The van der Waals surface area contributed by atoms with Gasteiger partial charge in [-0.15, -0.1) is 11.3 Å². The summed E-state index contributed by atoms with van der Waals surface area (Å²) in [6, 6.07) is 4.32. The topological polar surface area (TPSA) is 0 Å². The lowest BCUT2D eigenvalue weighted by atomic mass is 10.6. The third kappa shape index (κ3) is 1.04. The van der Waals surface area contributed by atoms with Crippen LogP contribution in [0.4, 0.5) is 0 Å². The van der Waals surface area contributed by atoms with E-state index in [1.807, 2.05) is 11.3 Å². The van der Waals surface area contributed by atoms with Crippen molar-refractivity contribution >= 4 is 22.2 Å². The first-order valence-corrected chi connectivity index (χ1v) is 5.49. The molecule has 2 heteroatoms. The minimum atomic E-state index is -0.0458. The molecule has 0 amide bonds. The molecule has 0 atom stereocenters. The molecular weight excluding hydrogens is 160 g/mol. The Kier molecular flexibility index (Phi) is 1.65. The number of thiophene rings is 1. The molecule has 2 rings (SSSR count). The fourth-order valence-corrected chi connectivity index (χ4v) is 3.61. The van der Waals surface area contributed by atoms with Gasteiger partial charge in [-0.05, 0) is 22.3 Å². The number of hydrogen-bond donors (Lipinski definition) is 1. The summed E-state index contributed by atoms with van der Waals surface area (Å²) < 4.78 is 1.50. The smallest absolute Gasteiger partial charge is 0.0473 e. The maximum absolute atomic E-state index is 2.28. The zero-order valence-electron chi connectivity index (χ0n) is 5.40. The molecule has 0 bridgehead atoms. The van der Waals surface area contributed by atoms with Gasteiger partial charge in [0, 0.05) is 4.21 Å². The average Bonchev–Trinajstić information content (AvgIpc) is 2.59. The highest BCUT2D eigenvalue weighted by Gasteiger charge is 2.01. The zero-order valence-corrected chi connectivity index (χ0v) is 7.11. The van der Waals surface area contributed by atoms with Crippen LogP contribution in [0.25, 0.3) is 0 Å². The highest BCUT2D eigenvalue weighted by atomic mass is 32.2. The van der Waals surface area contributed by atoms with E-state index in [4.69, 9.17) is 0 Å². The lowest BCUT2D eigenvalue weighted by Crippen LogP contribution is -1.61. The summed E-state index contributed by atoms with van der Waals surface area (Å²) >= 11 is 1.85. The maximum atomic E-state index is 2.28. The van der Waals surface area contributed by atoms with Crippen LogP contribution in [0.1, 0.15) is 0 Å². The Morgan fingerprint density at radius 2 is 2.00 bits per heavy atom. The van der Waals surface area contributed by atoms with Crippen LogP contribution in [0, 0.1) is 0 Å². The van der Waals surface area contributed by atoms with Crippen molar-refractivity contribution in [1.82, 2.24) is 0 Å². The Bertz CT molecular complexity index is 245. The van der Waals surface area contributed by atoms with Crippen molar-refractivity contribution in [2.75, 3.05) is 0 Å². The Labute approximate surface area is 67.2 Å². The summed E-state index contributed by atoms with van der Waals surface area (Å²) in [7, 11) is -0.0458. The molecule has 1 aliphatic rings. The minimum Gasteiger partial charge on any atom is -0.177 e. The van der Waals surface area contributed by atoms with Crippen LogP contribution < -0.4 is 0 Å². The van der Waals surface area contributed by atoms with Crippen molar-refractivity contribution < 1.29 is 0 Å². The van der Waals surface area contributed by atoms with Gasteiger partial charge in [0.05, 0.1) is 0 Å². The van der Waals surface area contributed by atoms with Gasteiger partial charge in [0.2, 0.25) is 0 Å². The van der Waals surface area contributed by atoms with Crippen LogP contribution in [0.5, 0.6) is 0 Å².